The first-order valence-corrected chi connectivity index (χ1v) is 12.9. The molecular weight excluding hydrogens is 480 g/mol. The minimum atomic E-state index is -0.122. The third-order valence-electron chi connectivity index (χ3n) is 5.52. The molecule has 0 aromatic heterocycles. The Hall–Kier alpha value is -1.18. The Kier molecular flexibility index (Phi) is 8.54. The molecule has 0 N–H and O–H groups in total. The highest BCUT2D eigenvalue weighted by atomic mass is 79.9. The molecule has 3 rings (SSSR count). The number of benzene rings is 1. The van der Waals surface area contributed by atoms with Crippen LogP contribution in [0.5, 0.6) is 0 Å². The Morgan fingerprint density at radius 3 is 2.17 bits per heavy atom. The van der Waals surface area contributed by atoms with Crippen molar-refractivity contribution >= 4 is 67.3 Å². The summed E-state index contributed by atoms with van der Waals surface area (Å²) >= 11 is 10.3. The lowest BCUT2D eigenvalue weighted by Crippen LogP contribution is -2.30. The monoisotopic (exact) mass is 508 g/mol. The molecular formula is C23H29BrN2O2S2. The molecule has 0 bridgehead atoms. The van der Waals surface area contributed by atoms with Gasteiger partial charge in [0.1, 0.15) is 4.32 Å². The number of hydrogen-bond acceptors (Lipinski definition) is 4. The molecule has 2 aliphatic heterocycles. The lowest BCUT2D eigenvalue weighted by molar-refractivity contribution is -0.122. The Labute approximate surface area is 197 Å². The number of unbranched alkanes of at least 4 members (excludes halogenated alkanes) is 6. The van der Waals surface area contributed by atoms with Crippen LogP contribution in [0.3, 0.4) is 0 Å². The van der Waals surface area contributed by atoms with Gasteiger partial charge in [0.25, 0.3) is 11.8 Å². The van der Waals surface area contributed by atoms with Crippen molar-refractivity contribution in [2.75, 3.05) is 18.0 Å². The van der Waals surface area contributed by atoms with Gasteiger partial charge in [-0.3, -0.25) is 14.5 Å². The largest absolute Gasteiger partial charge is 0.308 e. The van der Waals surface area contributed by atoms with E-state index >= 15 is 0 Å². The molecule has 2 amide bonds. The number of rotatable bonds is 10. The van der Waals surface area contributed by atoms with Gasteiger partial charge in [-0.05, 0) is 31.0 Å². The number of thioether (sulfide) groups is 1. The molecule has 1 fully saturated rings. The normalized spacial score (nSPS) is 18.7. The van der Waals surface area contributed by atoms with Gasteiger partial charge in [0.2, 0.25) is 0 Å². The summed E-state index contributed by atoms with van der Waals surface area (Å²) in [5.41, 5.74) is 2.23. The predicted octanol–water partition coefficient (Wildman–Crippen LogP) is 6.53. The summed E-state index contributed by atoms with van der Waals surface area (Å²) in [4.78, 5) is 30.6. The molecule has 1 aromatic carbocycles. The van der Waals surface area contributed by atoms with E-state index in [-0.39, 0.29) is 11.8 Å². The molecule has 4 nitrogen and oxygen atoms in total. The number of carbonyl (C=O) groups excluding carboxylic acids is 2. The highest BCUT2D eigenvalue weighted by molar-refractivity contribution is 9.10. The summed E-state index contributed by atoms with van der Waals surface area (Å²) in [6, 6.07) is 5.87. The molecule has 0 atom stereocenters. The second-order valence-corrected chi connectivity index (χ2v) is 10.3. The SMILES string of the molecule is CCCCCCN1C(=O)C(=C2C(=O)N(CCCCCC)c3ccc(Br)cc32)SC1=S. The van der Waals surface area contributed by atoms with Crippen LogP contribution >= 0.6 is 39.9 Å². The smallest absolute Gasteiger partial charge is 0.267 e. The zero-order valence-corrected chi connectivity index (χ0v) is 20.9. The lowest BCUT2D eigenvalue weighted by Gasteiger charge is -2.17. The van der Waals surface area contributed by atoms with Gasteiger partial charge >= 0.3 is 0 Å². The van der Waals surface area contributed by atoms with Gasteiger partial charge in [0.15, 0.2) is 0 Å². The minimum absolute atomic E-state index is 0.0777. The van der Waals surface area contributed by atoms with Crippen LogP contribution in [0.2, 0.25) is 0 Å². The molecule has 2 aliphatic rings. The number of anilines is 1. The van der Waals surface area contributed by atoms with E-state index in [4.69, 9.17) is 12.2 Å². The first-order chi connectivity index (χ1) is 14.5. The highest BCUT2D eigenvalue weighted by Crippen LogP contribution is 2.45. The molecule has 0 spiro atoms. The fraction of sp³-hybridized carbons (Fsp3) is 0.522. The van der Waals surface area contributed by atoms with Crippen molar-refractivity contribution in [1.82, 2.24) is 4.90 Å². The molecule has 0 unspecified atom stereocenters. The van der Waals surface area contributed by atoms with Crippen molar-refractivity contribution in [3.8, 4) is 0 Å². The van der Waals surface area contributed by atoms with Crippen molar-refractivity contribution in [2.45, 2.75) is 65.2 Å². The maximum atomic E-state index is 13.4. The van der Waals surface area contributed by atoms with E-state index in [1.807, 2.05) is 23.1 Å². The number of thiocarbonyl (C=S) groups is 1. The van der Waals surface area contributed by atoms with Gasteiger partial charge in [-0.25, -0.2) is 0 Å². The summed E-state index contributed by atoms with van der Waals surface area (Å²) in [5, 5.41) is 0. The van der Waals surface area contributed by atoms with Crippen molar-refractivity contribution in [3.63, 3.8) is 0 Å². The summed E-state index contributed by atoms with van der Waals surface area (Å²) in [7, 11) is 0. The summed E-state index contributed by atoms with van der Waals surface area (Å²) in [6.45, 7) is 5.64. The predicted molar refractivity (Wildman–Crippen MR) is 134 cm³/mol. The molecule has 7 heteroatoms. The van der Waals surface area contributed by atoms with Crippen LogP contribution < -0.4 is 4.90 Å². The van der Waals surface area contributed by atoms with E-state index in [2.05, 4.69) is 29.8 Å². The fourth-order valence-corrected chi connectivity index (χ4v) is 5.62. The third kappa shape index (κ3) is 5.00. The van der Waals surface area contributed by atoms with Crippen LogP contribution in [0.1, 0.15) is 70.8 Å². The average molecular weight is 510 g/mol. The lowest BCUT2D eigenvalue weighted by atomic mass is 10.1. The molecule has 0 radical (unpaired) electrons. The van der Waals surface area contributed by atoms with Gasteiger partial charge in [0.05, 0.1) is 16.2 Å². The Morgan fingerprint density at radius 1 is 0.900 bits per heavy atom. The van der Waals surface area contributed by atoms with E-state index in [0.717, 1.165) is 60.7 Å². The Bertz CT molecular complexity index is 869. The van der Waals surface area contributed by atoms with Gasteiger partial charge < -0.3 is 4.90 Å². The minimum Gasteiger partial charge on any atom is -0.308 e. The zero-order chi connectivity index (χ0) is 21.7. The number of carbonyl (C=O) groups is 2. The van der Waals surface area contributed by atoms with E-state index in [9.17, 15) is 9.59 Å². The maximum absolute atomic E-state index is 13.4. The Balaban J connectivity index is 1.88. The maximum Gasteiger partial charge on any atom is 0.267 e. The number of halogens is 1. The van der Waals surface area contributed by atoms with Gasteiger partial charge in [-0.1, -0.05) is 92.3 Å². The average Bonchev–Trinajstić information content (AvgIpc) is 3.15. The molecule has 1 saturated heterocycles. The van der Waals surface area contributed by atoms with Crippen molar-refractivity contribution in [1.29, 1.82) is 0 Å². The second-order valence-electron chi connectivity index (χ2n) is 7.77. The number of amides is 2. The van der Waals surface area contributed by atoms with Crippen molar-refractivity contribution in [3.05, 3.63) is 33.1 Å². The third-order valence-corrected chi connectivity index (χ3v) is 7.47. The molecule has 0 saturated carbocycles. The van der Waals surface area contributed by atoms with Crippen LogP contribution in [0.25, 0.3) is 5.57 Å². The fourth-order valence-electron chi connectivity index (χ4n) is 3.88. The van der Waals surface area contributed by atoms with Crippen LogP contribution in [-0.2, 0) is 9.59 Å². The molecule has 1 aromatic rings. The molecule has 162 valence electrons. The highest BCUT2D eigenvalue weighted by Gasteiger charge is 2.41. The molecule has 30 heavy (non-hydrogen) atoms. The molecule has 0 aliphatic carbocycles. The summed E-state index contributed by atoms with van der Waals surface area (Å²) < 4.78 is 1.46. The van der Waals surface area contributed by atoms with Crippen LogP contribution in [-0.4, -0.2) is 34.1 Å². The van der Waals surface area contributed by atoms with Gasteiger partial charge in [-0.15, -0.1) is 0 Å². The van der Waals surface area contributed by atoms with Crippen LogP contribution in [0.15, 0.2) is 27.6 Å². The second kappa shape index (κ2) is 10.9. The van der Waals surface area contributed by atoms with E-state index in [0.29, 0.717) is 27.9 Å². The zero-order valence-electron chi connectivity index (χ0n) is 17.7. The van der Waals surface area contributed by atoms with Gasteiger partial charge in [-0.2, -0.15) is 0 Å². The first kappa shape index (κ1) is 23.5. The number of hydrogen-bond donors (Lipinski definition) is 0. The summed E-state index contributed by atoms with van der Waals surface area (Å²) in [5.74, 6) is -0.199. The first-order valence-electron chi connectivity index (χ1n) is 10.9. The summed E-state index contributed by atoms with van der Waals surface area (Å²) in [6.07, 6.45) is 8.70. The van der Waals surface area contributed by atoms with Crippen LogP contribution in [0, 0.1) is 0 Å². The standard InChI is InChI=1S/C23H29BrN2O2S2/c1-3-5-7-9-13-25-18-12-11-16(24)15-17(18)19(21(25)27)20-22(28)26(23(29)30-20)14-10-8-6-4-2/h11-12,15H,3-10,13-14H2,1-2H3. The van der Waals surface area contributed by atoms with Crippen molar-refractivity contribution < 1.29 is 9.59 Å². The van der Waals surface area contributed by atoms with E-state index in [1.165, 1.54) is 18.2 Å². The molecule has 2 heterocycles. The van der Waals surface area contributed by atoms with Crippen LogP contribution in [0.4, 0.5) is 5.69 Å². The van der Waals surface area contributed by atoms with Gasteiger partial charge in [0, 0.05) is 23.1 Å². The number of nitrogens with zero attached hydrogens (tertiary/aromatic N) is 2. The number of fused-ring (bicyclic) bond motifs is 1. The van der Waals surface area contributed by atoms with Crippen molar-refractivity contribution in [2.24, 2.45) is 0 Å². The topological polar surface area (TPSA) is 40.6 Å². The van der Waals surface area contributed by atoms with E-state index in [1.54, 1.807) is 4.90 Å². The van der Waals surface area contributed by atoms with E-state index < -0.39 is 0 Å². The Morgan fingerprint density at radius 2 is 1.53 bits per heavy atom. The quantitative estimate of drug-likeness (QED) is 0.204.